The third-order valence-corrected chi connectivity index (χ3v) is 4.51. The van der Waals surface area contributed by atoms with Gasteiger partial charge < -0.3 is 21.3 Å². The second-order valence-corrected chi connectivity index (χ2v) is 6.26. The number of amides is 1. The molecule has 6 heteroatoms. The zero-order valence-corrected chi connectivity index (χ0v) is 12.7. The second kappa shape index (κ2) is 5.89. The molecule has 1 amide bonds. The summed E-state index contributed by atoms with van der Waals surface area (Å²) in [6.07, 6.45) is 3.31. The van der Waals surface area contributed by atoms with E-state index in [0.717, 1.165) is 12.8 Å². The van der Waals surface area contributed by atoms with Gasteiger partial charge in [0.25, 0.3) is 5.91 Å². The first-order valence-electron chi connectivity index (χ1n) is 6.98. The predicted octanol–water partition coefficient (Wildman–Crippen LogP) is 2.06. The smallest absolute Gasteiger partial charge is 0.252 e. The number of benzene rings is 1. The van der Waals surface area contributed by atoms with Crippen LogP contribution in [0.4, 0.5) is 0 Å². The first kappa shape index (κ1) is 15.6. The van der Waals surface area contributed by atoms with Crippen molar-refractivity contribution in [2.24, 2.45) is 11.7 Å². The topological polar surface area (TPSA) is 95.6 Å². The Bertz CT molecular complexity index is 546. The van der Waals surface area contributed by atoms with Crippen molar-refractivity contribution in [3.63, 3.8) is 0 Å². The van der Waals surface area contributed by atoms with E-state index in [1.165, 1.54) is 18.2 Å². The molecule has 0 saturated heterocycles. The number of phenols is 2. The Morgan fingerprint density at radius 2 is 1.81 bits per heavy atom. The van der Waals surface area contributed by atoms with Crippen molar-refractivity contribution in [3.05, 3.63) is 23.8 Å². The normalized spacial score (nSPS) is 25.3. The van der Waals surface area contributed by atoms with Crippen molar-refractivity contribution in [1.82, 2.24) is 5.32 Å². The Hall–Kier alpha value is -1.82. The molecule has 5 nitrogen and oxygen atoms in total. The lowest BCUT2D eigenvalue weighted by Gasteiger charge is -2.39. The minimum Gasteiger partial charge on any atom is -0.508 e. The van der Waals surface area contributed by atoms with Crippen molar-refractivity contribution in [3.8, 4) is 11.5 Å². The predicted molar refractivity (Wildman–Crippen MR) is 84.4 cm³/mol. The molecule has 0 spiro atoms. The average molecular weight is 308 g/mol. The van der Waals surface area contributed by atoms with Crippen LogP contribution in [0.2, 0.25) is 0 Å². The van der Waals surface area contributed by atoms with Gasteiger partial charge in [0.1, 0.15) is 11.5 Å². The van der Waals surface area contributed by atoms with Gasteiger partial charge in [-0.1, -0.05) is 19.1 Å². The van der Waals surface area contributed by atoms with Crippen LogP contribution in [0.1, 0.15) is 43.0 Å². The minimum absolute atomic E-state index is 0.165. The lowest BCUT2D eigenvalue weighted by atomic mass is 9.77. The summed E-state index contributed by atoms with van der Waals surface area (Å²) in [4.78, 5) is 12.6. The number of carbonyl (C=O) groups excluding carboxylic acids is 1. The van der Waals surface area contributed by atoms with Crippen LogP contribution in [0, 0.1) is 5.92 Å². The highest BCUT2D eigenvalue weighted by atomic mass is 32.1. The van der Waals surface area contributed by atoms with Gasteiger partial charge in [-0.05, 0) is 43.7 Å². The summed E-state index contributed by atoms with van der Waals surface area (Å²) in [5.41, 5.74) is 5.35. The van der Waals surface area contributed by atoms with Crippen LogP contribution in [0.25, 0.3) is 0 Å². The molecular weight excluding hydrogens is 288 g/mol. The number of carbonyl (C=O) groups is 1. The van der Waals surface area contributed by atoms with E-state index in [1.54, 1.807) is 0 Å². The monoisotopic (exact) mass is 308 g/mol. The maximum Gasteiger partial charge on any atom is 0.252 e. The highest BCUT2D eigenvalue weighted by molar-refractivity contribution is 7.80. The molecule has 5 N–H and O–H groups in total. The fourth-order valence-corrected chi connectivity index (χ4v) is 2.96. The first-order valence-corrected chi connectivity index (χ1v) is 7.39. The van der Waals surface area contributed by atoms with E-state index in [-0.39, 0.29) is 22.1 Å². The van der Waals surface area contributed by atoms with Crippen LogP contribution in [0.3, 0.4) is 0 Å². The Morgan fingerprint density at radius 1 is 1.29 bits per heavy atom. The largest absolute Gasteiger partial charge is 0.508 e. The van der Waals surface area contributed by atoms with E-state index in [0.29, 0.717) is 18.8 Å². The number of hydrogen-bond acceptors (Lipinski definition) is 4. The molecule has 1 aromatic rings. The van der Waals surface area contributed by atoms with E-state index in [1.807, 2.05) is 0 Å². The minimum atomic E-state index is -0.681. The van der Waals surface area contributed by atoms with E-state index >= 15 is 0 Å². The van der Waals surface area contributed by atoms with Gasteiger partial charge in [-0.3, -0.25) is 4.79 Å². The van der Waals surface area contributed by atoms with Crippen LogP contribution in [0.15, 0.2) is 18.2 Å². The number of hydrogen-bond donors (Lipinski definition) is 4. The SMILES string of the molecule is CC1CCC(NC(=O)c2cc(O)cc(O)c2)(C(N)=S)CC1. The van der Waals surface area contributed by atoms with Crippen LogP contribution in [-0.2, 0) is 0 Å². The summed E-state index contributed by atoms with van der Waals surface area (Å²) in [7, 11) is 0. The molecule has 0 bridgehead atoms. The maximum atomic E-state index is 12.4. The molecule has 114 valence electrons. The molecule has 0 heterocycles. The van der Waals surface area contributed by atoms with Crippen LogP contribution < -0.4 is 11.1 Å². The van der Waals surface area contributed by atoms with Crippen LogP contribution >= 0.6 is 12.2 Å². The molecule has 0 radical (unpaired) electrons. The molecule has 21 heavy (non-hydrogen) atoms. The molecule has 0 atom stereocenters. The lowest BCUT2D eigenvalue weighted by Crippen LogP contribution is -2.58. The Morgan fingerprint density at radius 3 is 2.29 bits per heavy atom. The Balaban J connectivity index is 2.21. The van der Waals surface area contributed by atoms with Crippen molar-refractivity contribution >= 4 is 23.1 Å². The van der Waals surface area contributed by atoms with Crippen LogP contribution in [0.5, 0.6) is 11.5 Å². The molecule has 2 rings (SSSR count). The Kier molecular flexibility index (Phi) is 4.37. The Labute approximate surface area is 129 Å². The van der Waals surface area contributed by atoms with Gasteiger partial charge in [-0.25, -0.2) is 0 Å². The molecule has 1 fully saturated rings. The van der Waals surface area contributed by atoms with Crippen molar-refractivity contribution in [2.45, 2.75) is 38.1 Å². The van der Waals surface area contributed by atoms with E-state index in [9.17, 15) is 15.0 Å². The number of nitrogens with two attached hydrogens (primary N) is 1. The number of nitrogens with one attached hydrogen (secondary N) is 1. The summed E-state index contributed by atoms with van der Waals surface area (Å²) < 4.78 is 0. The molecule has 1 aliphatic rings. The average Bonchev–Trinajstić information content (AvgIpc) is 2.40. The summed E-state index contributed by atoms with van der Waals surface area (Å²) in [5, 5.41) is 21.8. The number of aromatic hydroxyl groups is 2. The zero-order chi connectivity index (χ0) is 15.6. The first-order chi connectivity index (χ1) is 9.82. The highest BCUT2D eigenvalue weighted by Crippen LogP contribution is 2.33. The molecule has 1 saturated carbocycles. The molecule has 0 aromatic heterocycles. The summed E-state index contributed by atoms with van der Waals surface area (Å²) in [6, 6.07) is 3.77. The molecule has 1 aromatic carbocycles. The van der Waals surface area contributed by atoms with Gasteiger partial charge >= 0.3 is 0 Å². The highest BCUT2D eigenvalue weighted by Gasteiger charge is 2.38. The fourth-order valence-electron chi connectivity index (χ4n) is 2.70. The second-order valence-electron chi connectivity index (χ2n) is 5.82. The van der Waals surface area contributed by atoms with Crippen molar-refractivity contribution < 1.29 is 15.0 Å². The van der Waals surface area contributed by atoms with E-state index < -0.39 is 11.4 Å². The molecule has 0 aliphatic heterocycles. The molecule has 1 aliphatic carbocycles. The third-order valence-electron chi connectivity index (χ3n) is 4.12. The fraction of sp³-hybridized carbons (Fsp3) is 0.467. The lowest BCUT2D eigenvalue weighted by molar-refractivity contribution is 0.0900. The van der Waals surface area contributed by atoms with Gasteiger partial charge in [0.2, 0.25) is 0 Å². The summed E-state index contributed by atoms with van der Waals surface area (Å²) in [6.45, 7) is 2.17. The van der Waals surface area contributed by atoms with Crippen LogP contribution in [-0.4, -0.2) is 26.6 Å². The summed E-state index contributed by atoms with van der Waals surface area (Å²) in [5.74, 6) is -0.138. The van der Waals surface area contributed by atoms with Gasteiger partial charge in [-0.15, -0.1) is 0 Å². The van der Waals surface area contributed by atoms with Crippen molar-refractivity contribution in [1.29, 1.82) is 0 Å². The zero-order valence-electron chi connectivity index (χ0n) is 11.9. The van der Waals surface area contributed by atoms with E-state index in [4.69, 9.17) is 18.0 Å². The number of phenolic OH excluding ortho intramolecular Hbond substituents is 2. The van der Waals surface area contributed by atoms with E-state index in [2.05, 4.69) is 12.2 Å². The van der Waals surface area contributed by atoms with Crippen molar-refractivity contribution in [2.75, 3.05) is 0 Å². The molecular formula is C15H20N2O3S. The van der Waals surface area contributed by atoms with Gasteiger partial charge in [0, 0.05) is 11.6 Å². The molecule has 0 unspecified atom stereocenters. The van der Waals surface area contributed by atoms with Gasteiger partial charge in [-0.2, -0.15) is 0 Å². The summed E-state index contributed by atoms with van der Waals surface area (Å²) >= 11 is 5.15. The quantitative estimate of drug-likeness (QED) is 0.641. The number of rotatable bonds is 3. The third kappa shape index (κ3) is 3.44. The number of thiocarbonyl (C=S) groups is 1. The van der Waals surface area contributed by atoms with Gasteiger partial charge in [0.15, 0.2) is 0 Å². The van der Waals surface area contributed by atoms with Gasteiger partial charge in [0.05, 0.1) is 10.5 Å². The maximum absolute atomic E-state index is 12.4. The standard InChI is InChI=1S/C15H20N2O3S/c1-9-2-4-15(5-3-9,14(16)21)17-13(20)10-6-11(18)8-12(19)7-10/h6-9,18-19H,2-5H2,1H3,(H2,16,21)(H,17,20).